The molecular weight excluding hydrogens is 729 g/mol. The maximum absolute atomic E-state index is 5.35. The van der Waals surface area contributed by atoms with Gasteiger partial charge in [-0.2, -0.15) is 9.97 Å². The highest BCUT2D eigenvalue weighted by atomic mass is 15.2. The number of para-hydroxylation sites is 2. The van der Waals surface area contributed by atoms with Crippen LogP contribution in [0.1, 0.15) is 38.8 Å². The van der Waals surface area contributed by atoms with Crippen molar-refractivity contribution in [2.75, 3.05) is 0 Å². The SMILES string of the molecule is CC.CC1(C)c2cc(-c3cccc4c5ccccc5n(-c5nc(-c6ccc7ccccc7c6)nc(-c6ccc7ccccc7c6)n5)c34)ccc2-c2c1ccc1ccccc21. The zero-order chi connectivity index (χ0) is 40.5. The largest absolute Gasteiger partial charge is 0.277 e. The van der Waals surface area contributed by atoms with Crippen LogP contribution in [0.25, 0.3) is 105 Å². The molecule has 0 fully saturated rings. The Morgan fingerprint density at radius 2 is 0.950 bits per heavy atom. The van der Waals surface area contributed by atoms with Crippen molar-refractivity contribution in [3.63, 3.8) is 0 Å². The monoisotopic (exact) mass is 770 g/mol. The lowest BCUT2D eigenvalue weighted by molar-refractivity contribution is 0.661. The third kappa shape index (κ3) is 5.48. The minimum Gasteiger partial charge on any atom is -0.277 e. The molecular formula is C56H42N4. The molecule has 0 N–H and O–H groups in total. The Morgan fingerprint density at radius 1 is 0.400 bits per heavy atom. The highest BCUT2D eigenvalue weighted by Crippen LogP contribution is 2.52. The number of hydrogen-bond donors (Lipinski definition) is 0. The first-order valence-electron chi connectivity index (χ1n) is 20.9. The fourth-order valence-corrected chi connectivity index (χ4v) is 9.51. The van der Waals surface area contributed by atoms with E-state index >= 15 is 0 Å². The van der Waals surface area contributed by atoms with E-state index in [2.05, 4.69) is 200 Å². The topological polar surface area (TPSA) is 43.6 Å². The van der Waals surface area contributed by atoms with Crippen LogP contribution in [0.5, 0.6) is 0 Å². The summed E-state index contributed by atoms with van der Waals surface area (Å²) in [5.74, 6) is 1.85. The van der Waals surface area contributed by atoms with E-state index in [1.54, 1.807) is 0 Å². The van der Waals surface area contributed by atoms with E-state index in [1.165, 1.54) is 43.8 Å². The molecule has 0 saturated carbocycles. The second-order valence-electron chi connectivity index (χ2n) is 16.1. The van der Waals surface area contributed by atoms with Gasteiger partial charge in [-0.15, -0.1) is 0 Å². The first kappa shape index (κ1) is 35.7. The van der Waals surface area contributed by atoms with E-state index in [9.17, 15) is 0 Å². The van der Waals surface area contributed by atoms with Crippen molar-refractivity contribution in [1.82, 2.24) is 19.5 Å². The Bertz CT molecular complexity index is 3400. The summed E-state index contributed by atoms with van der Waals surface area (Å²) in [6.07, 6.45) is 0. The van der Waals surface area contributed by atoms with Crippen LogP contribution in [0.4, 0.5) is 0 Å². The number of aromatic nitrogens is 4. The summed E-state index contributed by atoms with van der Waals surface area (Å²) in [5, 5.41) is 9.52. The molecule has 60 heavy (non-hydrogen) atoms. The van der Waals surface area contributed by atoms with E-state index < -0.39 is 0 Å². The summed E-state index contributed by atoms with van der Waals surface area (Å²) < 4.78 is 2.26. The summed E-state index contributed by atoms with van der Waals surface area (Å²) in [5.41, 5.74) is 11.5. The molecule has 9 aromatic carbocycles. The van der Waals surface area contributed by atoms with Gasteiger partial charge in [0.25, 0.3) is 0 Å². The molecule has 0 spiro atoms. The van der Waals surface area contributed by atoms with Gasteiger partial charge >= 0.3 is 0 Å². The van der Waals surface area contributed by atoms with Gasteiger partial charge in [0.05, 0.1) is 11.0 Å². The van der Waals surface area contributed by atoms with Crippen LogP contribution in [0.3, 0.4) is 0 Å². The number of hydrogen-bond acceptors (Lipinski definition) is 3. The summed E-state index contributed by atoms with van der Waals surface area (Å²) in [6.45, 7) is 8.72. The first-order chi connectivity index (χ1) is 29.5. The molecule has 286 valence electrons. The highest BCUT2D eigenvalue weighted by Gasteiger charge is 2.37. The van der Waals surface area contributed by atoms with Crippen molar-refractivity contribution >= 4 is 54.1 Å². The molecule has 0 unspecified atom stereocenters. The van der Waals surface area contributed by atoms with Gasteiger partial charge in [0.2, 0.25) is 5.95 Å². The van der Waals surface area contributed by atoms with Crippen LogP contribution < -0.4 is 0 Å². The minimum absolute atomic E-state index is 0.164. The quantitative estimate of drug-likeness (QED) is 0.179. The summed E-state index contributed by atoms with van der Waals surface area (Å²) in [7, 11) is 0. The number of fused-ring (bicyclic) bond motifs is 10. The molecule has 12 rings (SSSR count). The molecule has 0 radical (unpaired) electrons. The zero-order valence-electron chi connectivity index (χ0n) is 34.1. The van der Waals surface area contributed by atoms with Crippen molar-refractivity contribution in [2.45, 2.75) is 33.1 Å². The van der Waals surface area contributed by atoms with Crippen molar-refractivity contribution in [2.24, 2.45) is 0 Å². The Kier molecular flexibility index (Phi) is 8.25. The van der Waals surface area contributed by atoms with E-state index in [4.69, 9.17) is 15.0 Å². The average molecular weight is 771 g/mol. The molecule has 2 aromatic heterocycles. The van der Waals surface area contributed by atoms with Crippen LogP contribution in [0.2, 0.25) is 0 Å². The van der Waals surface area contributed by atoms with Crippen LogP contribution in [0, 0.1) is 0 Å². The van der Waals surface area contributed by atoms with Gasteiger partial charge < -0.3 is 0 Å². The fourth-order valence-electron chi connectivity index (χ4n) is 9.51. The molecule has 0 amide bonds. The van der Waals surface area contributed by atoms with E-state index in [1.807, 2.05) is 13.8 Å². The molecule has 4 heteroatoms. The molecule has 0 bridgehead atoms. The number of benzene rings is 9. The van der Waals surface area contributed by atoms with Crippen molar-refractivity contribution in [3.05, 3.63) is 193 Å². The van der Waals surface area contributed by atoms with Gasteiger partial charge in [-0.1, -0.05) is 185 Å². The van der Waals surface area contributed by atoms with Gasteiger partial charge in [0.15, 0.2) is 11.6 Å². The summed E-state index contributed by atoms with van der Waals surface area (Å²) in [4.78, 5) is 15.9. The van der Waals surface area contributed by atoms with E-state index in [-0.39, 0.29) is 5.41 Å². The lowest BCUT2D eigenvalue weighted by atomic mass is 9.81. The average Bonchev–Trinajstić information content (AvgIpc) is 3.77. The molecule has 0 aliphatic heterocycles. The number of nitrogens with zero attached hydrogens (tertiary/aromatic N) is 4. The summed E-state index contributed by atoms with van der Waals surface area (Å²) >= 11 is 0. The molecule has 4 nitrogen and oxygen atoms in total. The fraction of sp³-hybridized carbons (Fsp3) is 0.0893. The highest BCUT2D eigenvalue weighted by molar-refractivity contribution is 6.14. The van der Waals surface area contributed by atoms with Crippen molar-refractivity contribution < 1.29 is 0 Å². The Morgan fingerprint density at radius 3 is 1.63 bits per heavy atom. The molecule has 1 aliphatic rings. The smallest absolute Gasteiger partial charge is 0.238 e. The first-order valence-corrected chi connectivity index (χ1v) is 20.9. The van der Waals surface area contributed by atoms with Crippen LogP contribution in [-0.2, 0) is 5.41 Å². The predicted molar refractivity (Wildman–Crippen MR) is 252 cm³/mol. The van der Waals surface area contributed by atoms with Gasteiger partial charge in [-0.3, -0.25) is 4.57 Å². The Balaban J connectivity index is 0.00000201. The van der Waals surface area contributed by atoms with Crippen LogP contribution in [-0.4, -0.2) is 19.5 Å². The van der Waals surface area contributed by atoms with Crippen LogP contribution in [0.15, 0.2) is 182 Å². The second kappa shape index (κ2) is 13.9. The standard InChI is InChI=1S/C54H36N4.C2H6/c1-54(2)46-29-27-35-14-7-8-17-41(35)49(46)45-28-26-38(32-47(45)54)42-19-11-20-44-43-18-9-10-21-48(43)58(50(42)44)53-56-51(39-24-22-33-12-3-5-15-36(33)30-39)55-52(57-53)40-25-23-34-13-4-6-16-37(34)31-40;1-2/h3-32H,1-2H3;1-2H3. The van der Waals surface area contributed by atoms with Crippen molar-refractivity contribution in [1.29, 1.82) is 0 Å². The zero-order valence-corrected chi connectivity index (χ0v) is 34.1. The molecule has 0 atom stereocenters. The normalized spacial score (nSPS) is 12.8. The maximum atomic E-state index is 5.35. The molecule has 11 aromatic rings. The van der Waals surface area contributed by atoms with Gasteiger partial charge in [0.1, 0.15) is 0 Å². The van der Waals surface area contributed by atoms with Crippen molar-refractivity contribution in [3.8, 4) is 51.0 Å². The molecule has 1 aliphatic carbocycles. The van der Waals surface area contributed by atoms with Gasteiger partial charge in [-0.05, 0) is 84.4 Å². The minimum atomic E-state index is -0.164. The predicted octanol–water partition coefficient (Wildman–Crippen LogP) is 14.8. The molecule has 2 heterocycles. The van der Waals surface area contributed by atoms with E-state index in [0.717, 1.165) is 54.8 Å². The Labute approximate surface area is 349 Å². The lowest BCUT2D eigenvalue weighted by Gasteiger charge is -2.22. The third-order valence-electron chi connectivity index (χ3n) is 12.4. The Hall–Kier alpha value is -7.43. The van der Waals surface area contributed by atoms with Crippen LogP contribution >= 0.6 is 0 Å². The second-order valence-corrected chi connectivity index (χ2v) is 16.1. The lowest BCUT2D eigenvalue weighted by Crippen LogP contribution is -2.15. The van der Waals surface area contributed by atoms with Gasteiger partial charge in [0, 0.05) is 32.9 Å². The maximum Gasteiger partial charge on any atom is 0.238 e. The third-order valence-corrected chi connectivity index (χ3v) is 12.4. The van der Waals surface area contributed by atoms with E-state index in [0.29, 0.717) is 17.6 Å². The van der Waals surface area contributed by atoms with Gasteiger partial charge in [-0.25, -0.2) is 4.98 Å². The molecule has 0 saturated heterocycles. The number of rotatable bonds is 4. The summed E-state index contributed by atoms with van der Waals surface area (Å²) in [6, 6.07) is 65.5.